The van der Waals surface area contributed by atoms with Gasteiger partial charge in [0.05, 0.1) is 0 Å². The van der Waals surface area contributed by atoms with Crippen molar-refractivity contribution in [3.05, 3.63) is 76.9 Å². The summed E-state index contributed by atoms with van der Waals surface area (Å²) in [6.07, 6.45) is 2.13. The van der Waals surface area contributed by atoms with E-state index in [0.29, 0.717) is 0 Å². The third-order valence-corrected chi connectivity index (χ3v) is 5.07. The van der Waals surface area contributed by atoms with E-state index in [9.17, 15) is 0 Å². The lowest BCUT2D eigenvalue weighted by atomic mass is 9.86. The number of rotatable bonds is 2. The van der Waals surface area contributed by atoms with Crippen LogP contribution < -0.4 is 11.1 Å². The van der Waals surface area contributed by atoms with E-state index in [1.807, 2.05) is 18.2 Å². The molecule has 25 heavy (non-hydrogen) atoms. The van der Waals surface area contributed by atoms with E-state index in [4.69, 9.17) is 5.73 Å². The summed E-state index contributed by atoms with van der Waals surface area (Å²) in [7, 11) is 0. The van der Waals surface area contributed by atoms with Gasteiger partial charge in [0.25, 0.3) is 0 Å². The van der Waals surface area contributed by atoms with E-state index in [0.717, 1.165) is 45.1 Å². The maximum atomic E-state index is 6.25. The normalized spacial score (nSPS) is 16.3. The Balaban J connectivity index is 2.10. The molecule has 0 amide bonds. The van der Waals surface area contributed by atoms with Crippen molar-refractivity contribution < 1.29 is 0 Å². The van der Waals surface area contributed by atoms with Crippen molar-refractivity contribution in [2.24, 2.45) is 0 Å². The summed E-state index contributed by atoms with van der Waals surface area (Å²) in [5.41, 5.74) is 16.2. The fourth-order valence-electron chi connectivity index (χ4n) is 3.39. The van der Waals surface area contributed by atoms with Gasteiger partial charge < -0.3 is 11.1 Å². The first-order valence-electron chi connectivity index (χ1n) is 8.42. The Labute approximate surface area is 155 Å². The minimum absolute atomic E-state index is 0.757. The van der Waals surface area contributed by atoms with Crippen molar-refractivity contribution in [1.82, 2.24) is 0 Å². The zero-order valence-electron chi connectivity index (χ0n) is 15.0. The minimum atomic E-state index is 0.757. The molecule has 0 fully saturated rings. The Morgan fingerprint density at radius 1 is 1.24 bits per heavy atom. The van der Waals surface area contributed by atoms with Crippen molar-refractivity contribution >= 4 is 35.1 Å². The highest BCUT2D eigenvalue weighted by molar-refractivity contribution is 7.80. The summed E-state index contributed by atoms with van der Waals surface area (Å²) in [4.78, 5) is 0.940. The highest BCUT2D eigenvalue weighted by Crippen LogP contribution is 2.39. The van der Waals surface area contributed by atoms with Crippen LogP contribution in [0.5, 0.6) is 0 Å². The number of allylic oxidation sites excluding steroid dienone is 3. The van der Waals surface area contributed by atoms with Crippen LogP contribution in [-0.4, -0.2) is 6.54 Å². The van der Waals surface area contributed by atoms with Crippen LogP contribution in [0.1, 0.15) is 30.5 Å². The maximum Gasteiger partial charge on any atom is 0.0423 e. The summed E-state index contributed by atoms with van der Waals surface area (Å²) in [6.45, 7) is 11.4. The highest BCUT2D eigenvalue weighted by atomic mass is 32.1. The molecule has 1 aliphatic rings. The quantitative estimate of drug-likeness (QED) is 0.479. The number of hydrogen-bond donors (Lipinski definition) is 3. The molecule has 128 valence electrons. The van der Waals surface area contributed by atoms with Gasteiger partial charge in [0.1, 0.15) is 0 Å². The highest BCUT2D eigenvalue weighted by Gasteiger charge is 2.20. The van der Waals surface area contributed by atoms with Crippen molar-refractivity contribution in [1.29, 1.82) is 0 Å². The number of nitrogen functional groups attached to an aromatic ring is 1. The number of thiol groups is 1. The van der Waals surface area contributed by atoms with Crippen LogP contribution in [0.4, 0.5) is 11.4 Å². The van der Waals surface area contributed by atoms with E-state index in [2.05, 4.69) is 69.6 Å². The molecule has 0 aliphatic carbocycles. The number of hydrogen-bond acceptors (Lipinski definition) is 3. The molecule has 2 nitrogen and oxygen atoms in total. The van der Waals surface area contributed by atoms with Gasteiger partial charge in [-0.15, -0.1) is 12.6 Å². The van der Waals surface area contributed by atoms with Crippen LogP contribution in [0.15, 0.2) is 65.1 Å². The molecule has 0 radical (unpaired) electrons. The smallest absolute Gasteiger partial charge is 0.0423 e. The zero-order valence-corrected chi connectivity index (χ0v) is 15.9. The van der Waals surface area contributed by atoms with Gasteiger partial charge >= 0.3 is 0 Å². The van der Waals surface area contributed by atoms with Crippen molar-refractivity contribution in [3.63, 3.8) is 0 Å². The van der Waals surface area contributed by atoms with Crippen LogP contribution in [0.25, 0.3) is 11.1 Å². The third kappa shape index (κ3) is 3.24. The SMILES string of the molecule is C=C1/C(=C(C)/C(=C/C)c2cc(C)ccc2N)CNc2ccc(S)cc21. The van der Waals surface area contributed by atoms with Gasteiger partial charge in [-0.25, -0.2) is 0 Å². The summed E-state index contributed by atoms with van der Waals surface area (Å²) in [5, 5.41) is 3.50. The van der Waals surface area contributed by atoms with E-state index in [1.54, 1.807) is 0 Å². The molecule has 0 saturated carbocycles. The molecule has 3 rings (SSSR count). The minimum Gasteiger partial charge on any atom is -0.398 e. The fraction of sp³-hybridized carbons (Fsp3) is 0.182. The van der Waals surface area contributed by atoms with Gasteiger partial charge in [-0.2, -0.15) is 0 Å². The first kappa shape index (κ1) is 17.4. The van der Waals surface area contributed by atoms with E-state index in [-0.39, 0.29) is 0 Å². The topological polar surface area (TPSA) is 38.0 Å². The van der Waals surface area contributed by atoms with Gasteiger partial charge in [0.2, 0.25) is 0 Å². The third-order valence-electron chi connectivity index (χ3n) is 4.79. The Kier molecular flexibility index (Phi) is 4.78. The number of anilines is 2. The van der Waals surface area contributed by atoms with E-state index in [1.165, 1.54) is 16.7 Å². The molecule has 2 aromatic carbocycles. The monoisotopic (exact) mass is 348 g/mol. The van der Waals surface area contributed by atoms with Gasteiger partial charge in [-0.3, -0.25) is 0 Å². The molecule has 2 aromatic rings. The average molecular weight is 349 g/mol. The van der Waals surface area contributed by atoms with Crippen molar-refractivity contribution in [2.75, 3.05) is 17.6 Å². The summed E-state index contributed by atoms with van der Waals surface area (Å²) >= 11 is 4.47. The number of fused-ring (bicyclic) bond motifs is 1. The Hall–Kier alpha value is -2.39. The van der Waals surface area contributed by atoms with Crippen LogP contribution in [0, 0.1) is 6.92 Å². The standard InChI is InChI=1S/C22H24N2S/c1-5-17(19-10-13(2)6-8-21(19)23)14(3)20-12-24-22-9-7-16(25)11-18(22)15(20)4/h5-11,24-25H,4,12,23H2,1-3H3/b17-5-,20-14+. The Morgan fingerprint density at radius 3 is 2.72 bits per heavy atom. The average Bonchev–Trinajstić information content (AvgIpc) is 2.59. The summed E-state index contributed by atoms with van der Waals surface area (Å²) in [5.74, 6) is 0. The largest absolute Gasteiger partial charge is 0.398 e. The lowest BCUT2D eigenvalue weighted by Crippen LogP contribution is -2.15. The molecule has 0 saturated heterocycles. The second-order valence-corrected chi connectivity index (χ2v) is 6.97. The van der Waals surface area contributed by atoms with Gasteiger partial charge in [0.15, 0.2) is 0 Å². The predicted octanol–water partition coefficient (Wildman–Crippen LogP) is 5.72. The second-order valence-electron chi connectivity index (χ2n) is 6.46. The van der Waals surface area contributed by atoms with Crippen LogP contribution in [0.2, 0.25) is 0 Å². The molecule has 0 aromatic heterocycles. The molecule has 1 aliphatic heterocycles. The summed E-state index contributed by atoms with van der Waals surface area (Å²) < 4.78 is 0. The van der Waals surface area contributed by atoms with Gasteiger partial charge in [0, 0.05) is 33.9 Å². The number of benzene rings is 2. The Morgan fingerprint density at radius 2 is 2.00 bits per heavy atom. The van der Waals surface area contributed by atoms with Gasteiger partial charge in [-0.05, 0) is 73.4 Å². The van der Waals surface area contributed by atoms with Gasteiger partial charge in [-0.1, -0.05) is 24.3 Å². The summed E-state index contributed by atoms with van der Waals surface area (Å²) in [6, 6.07) is 12.3. The number of nitrogens with two attached hydrogens (primary N) is 1. The molecule has 0 unspecified atom stereocenters. The first-order chi connectivity index (χ1) is 11.9. The molecular weight excluding hydrogens is 324 g/mol. The van der Waals surface area contributed by atoms with Crippen LogP contribution in [-0.2, 0) is 0 Å². The fourth-order valence-corrected chi connectivity index (χ4v) is 3.59. The van der Waals surface area contributed by atoms with E-state index >= 15 is 0 Å². The lowest BCUT2D eigenvalue weighted by molar-refractivity contribution is 1.18. The number of aryl methyl sites for hydroxylation is 1. The molecular formula is C22H24N2S. The molecule has 0 bridgehead atoms. The Bertz CT molecular complexity index is 920. The molecule has 0 atom stereocenters. The molecule has 3 N–H and O–H groups in total. The van der Waals surface area contributed by atoms with Crippen molar-refractivity contribution in [2.45, 2.75) is 25.7 Å². The molecule has 0 spiro atoms. The van der Waals surface area contributed by atoms with E-state index < -0.39 is 0 Å². The lowest BCUT2D eigenvalue weighted by Gasteiger charge is -2.26. The van der Waals surface area contributed by atoms with Crippen molar-refractivity contribution in [3.8, 4) is 0 Å². The molecule has 3 heteroatoms. The predicted molar refractivity (Wildman–Crippen MR) is 113 cm³/mol. The number of nitrogens with one attached hydrogen (secondary N) is 1. The van der Waals surface area contributed by atoms with Crippen LogP contribution >= 0.6 is 12.6 Å². The van der Waals surface area contributed by atoms with Crippen LogP contribution in [0.3, 0.4) is 0 Å². The molecule has 1 heterocycles. The zero-order chi connectivity index (χ0) is 18.1. The second kappa shape index (κ2) is 6.85. The first-order valence-corrected chi connectivity index (χ1v) is 8.86. The maximum absolute atomic E-state index is 6.25.